The van der Waals surface area contributed by atoms with Gasteiger partial charge in [-0.2, -0.15) is 0 Å². The van der Waals surface area contributed by atoms with E-state index in [0.717, 1.165) is 37.7 Å². The summed E-state index contributed by atoms with van der Waals surface area (Å²) >= 11 is 0. The number of hydrogen-bond donors (Lipinski definition) is 0. The van der Waals surface area contributed by atoms with Crippen LogP contribution in [0, 0.1) is 11.8 Å². The fraction of sp³-hybridized carbons (Fsp3) is 0.682. The SMILES string of the molecule is CCC(C)S(=O)(=O)CC1CCC(C(=O)Cc2ccc3c(c2)CCC3)CC1. The molecule has 4 heteroatoms. The lowest BCUT2D eigenvalue weighted by Crippen LogP contribution is -2.30. The molecule has 3 nitrogen and oxygen atoms in total. The van der Waals surface area contributed by atoms with E-state index in [1.165, 1.54) is 24.0 Å². The summed E-state index contributed by atoms with van der Waals surface area (Å²) in [5.74, 6) is 0.989. The van der Waals surface area contributed by atoms with Gasteiger partial charge >= 0.3 is 0 Å². The van der Waals surface area contributed by atoms with Gasteiger partial charge < -0.3 is 0 Å². The van der Waals surface area contributed by atoms with E-state index in [9.17, 15) is 13.2 Å². The number of aryl methyl sites for hydroxylation is 2. The summed E-state index contributed by atoms with van der Waals surface area (Å²) < 4.78 is 24.6. The number of sulfone groups is 1. The highest BCUT2D eigenvalue weighted by Crippen LogP contribution is 2.32. The van der Waals surface area contributed by atoms with E-state index in [-0.39, 0.29) is 17.1 Å². The van der Waals surface area contributed by atoms with Crippen molar-refractivity contribution in [2.24, 2.45) is 11.8 Å². The van der Waals surface area contributed by atoms with E-state index in [4.69, 9.17) is 0 Å². The Morgan fingerprint density at radius 1 is 1.12 bits per heavy atom. The van der Waals surface area contributed by atoms with Crippen LogP contribution in [0.15, 0.2) is 18.2 Å². The fourth-order valence-corrected chi connectivity index (χ4v) is 6.31. The van der Waals surface area contributed by atoms with Gasteiger partial charge in [0.25, 0.3) is 0 Å². The van der Waals surface area contributed by atoms with Gasteiger partial charge in [0.05, 0.1) is 11.0 Å². The number of benzene rings is 1. The van der Waals surface area contributed by atoms with Crippen LogP contribution in [0.4, 0.5) is 0 Å². The molecule has 144 valence electrons. The minimum Gasteiger partial charge on any atom is -0.299 e. The lowest BCUT2D eigenvalue weighted by Gasteiger charge is -2.28. The molecular formula is C22H32O3S. The molecule has 1 aromatic rings. The van der Waals surface area contributed by atoms with Crippen molar-refractivity contribution < 1.29 is 13.2 Å². The number of ketones is 1. The van der Waals surface area contributed by atoms with E-state index >= 15 is 0 Å². The first-order chi connectivity index (χ1) is 12.4. The molecule has 0 bridgehead atoms. The topological polar surface area (TPSA) is 51.2 Å². The van der Waals surface area contributed by atoms with Gasteiger partial charge in [0.2, 0.25) is 0 Å². The van der Waals surface area contributed by atoms with Crippen molar-refractivity contribution in [3.05, 3.63) is 34.9 Å². The van der Waals surface area contributed by atoms with Crippen LogP contribution in [-0.4, -0.2) is 25.2 Å². The van der Waals surface area contributed by atoms with Crippen molar-refractivity contribution in [2.75, 3.05) is 5.75 Å². The standard InChI is InChI=1S/C22H32O3S/c1-3-16(2)26(24,25)15-17-7-11-20(12-8-17)22(23)14-18-9-10-19-5-4-6-21(19)13-18/h9-10,13,16-17,20H,3-8,11-12,14-15H2,1-2H3. The molecule has 3 rings (SSSR count). The number of hydrogen-bond acceptors (Lipinski definition) is 3. The predicted molar refractivity (Wildman–Crippen MR) is 106 cm³/mol. The lowest BCUT2D eigenvalue weighted by atomic mass is 9.79. The van der Waals surface area contributed by atoms with E-state index in [1.54, 1.807) is 6.92 Å². The largest absolute Gasteiger partial charge is 0.299 e. The maximum atomic E-state index is 12.7. The molecule has 0 spiro atoms. The Balaban J connectivity index is 1.51. The van der Waals surface area contributed by atoms with E-state index in [1.807, 2.05) is 6.92 Å². The Kier molecular flexibility index (Phi) is 6.21. The minimum absolute atomic E-state index is 0.116. The summed E-state index contributed by atoms with van der Waals surface area (Å²) in [4.78, 5) is 12.7. The van der Waals surface area contributed by atoms with Crippen LogP contribution in [0.2, 0.25) is 0 Å². The highest BCUT2D eigenvalue weighted by Gasteiger charge is 2.30. The number of rotatable bonds is 7. The van der Waals surface area contributed by atoms with E-state index < -0.39 is 9.84 Å². The van der Waals surface area contributed by atoms with Crippen LogP contribution in [-0.2, 0) is 33.9 Å². The molecule has 0 aromatic heterocycles. The van der Waals surface area contributed by atoms with Crippen molar-refractivity contribution in [2.45, 2.75) is 76.9 Å². The van der Waals surface area contributed by atoms with Gasteiger partial charge in [0, 0.05) is 12.3 Å². The second kappa shape index (κ2) is 8.24. The van der Waals surface area contributed by atoms with Crippen molar-refractivity contribution in [1.82, 2.24) is 0 Å². The van der Waals surface area contributed by atoms with Gasteiger partial charge in [-0.15, -0.1) is 0 Å². The molecule has 0 N–H and O–H groups in total. The molecule has 0 heterocycles. The molecule has 26 heavy (non-hydrogen) atoms. The van der Waals surface area contributed by atoms with E-state index in [0.29, 0.717) is 24.4 Å². The van der Waals surface area contributed by atoms with Crippen LogP contribution >= 0.6 is 0 Å². The van der Waals surface area contributed by atoms with Crippen LogP contribution in [0.1, 0.15) is 69.1 Å². The summed E-state index contributed by atoms with van der Waals surface area (Å²) in [6.07, 6.45) is 8.21. The van der Waals surface area contributed by atoms with Crippen LogP contribution in [0.5, 0.6) is 0 Å². The van der Waals surface area contributed by atoms with Gasteiger partial charge in [0.15, 0.2) is 9.84 Å². The summed E-state index contributed by atoms with van der Waals surface area (Å²) in [7, 11) is -2.99. The van der Waals surface area contributed by atoms with Crippen molar-refractivity contribution in [3.63, 3.8) is 0 Å². The van der Waals surface area contributed by atoms with Crippen LogP contribution in [0.25, 0.3) is 0 Å². The van der Waals surface area contributed by atoms with Gasteiger partial charge in [-0.05, 0) is 80.9 Å². The molecule has 1 fully saturated rings. The minimum atomic E-state index is -2.99. The molecule has 2 aliphatic carbocycles. The van der Waals surface area contributed by atoms with Crippen molar-refractivity contribution >= 4 is 15.6 Å². The van der Waals surface area contributed by atoms with Crippen LogP contribution in [0.3, 0.4) is 0 Å². The average Bonchev–Trinajstić information content (AvgIpc) is 3.09. The molecule has 1 aromatic carbocycles. The van der Waals surface area contributed by atoms with E-state index in [2.05, 4.69) is 18.2 Å². The van der Waals surface area contributed by atoms with Gasteiger partial charge in [-0.25, -0.2) is 8.42 Å². The molecular weight excluding hydrogens is 344 g/mol. The second-order valence-corrected chi connectivity index (χ2v) is 10.8. The van der Waals surface area contributed by atoms with Crippen LogP contribution < -0.4 is 0 Å². The van der Waals surface area contributed by atoms with Gasteiger partial charge in [0.1, 0.15) is 5.78 Å². The Morgan fingerprint density at radius 3 is 2.50 bits per heavy atom. The maximum absolute atomic E-state index is 12.7. The number of fused-ring (bicyclic) bond motifs is 1. The quantitative estimate of drug-likeness (QED) is 0.713. The Hall–Kier alpha value is -1.16. The van der Waals surface area contributed by atoms with Gasteiger partial charge in [-0.1, -0.05) is 25.1 Å². The third-order valence-electron chi connectivity index (χ3n) is 6.50. The summed E-state index contributed by atoms with van der Waals surface area (Å²) in [6.45, 7) is 3.73. The lowest BCUT2D eigenvalue weighted by molar-refractivity contribution is -0.123. The molecule has 1 saturated carbocycles. The highest BCUT2D eigenvalue weighted by molar-refractivity contribution is 7.92. The first kappa shape index (κ1) is 19.6. The first-order valence-corrected chi connectivity index (χ1v) is 12.0. The van der Waals surface area contributed by atoms with Crippen molar-refractivity contribution in [3.8, 4) is 0 Å². The zero-order valence-corrected chi connectivity index (χ0v) is 17.0. The molecule has 2 aliphatic rings. The monoisotopic (exact) mass is 376 g/mol. The summed E-state index contributed by atoms with van der Waals surface area (Å²) in [5, 5.41) is -0.248. The number of carbonyl (C=O) groups excluding carboxylic acids is 1. The maximum Gasteiger partial charge on any atom is 0.153 e. The third-order valence-corrected chi connectivity index (χ3v) is 8.99. The Morgan fingerprint density at radius 2 is 1.81 bits per heavy atom. The molecule has 0 amide bonds. The number of Topliss-reactive ketones (excluding diaryl/α,β-unsaturated/α-hetero) is 1. The average molecular weight is 377 g/mol. The zero-order valence-electron chi connectivity index (χ0n) is 16.2. The Labute approximate surface area is 158 Å². The molecule has 0 saturated heterocycles. The van der Waals surface area contributed by atoms with Crippen molar-refractivity contribution in [1.29, 1.82) is 0 Å². The number of carbonyl (C=O) groups is 1. The molecule has 0 radical (unpaired) electrons. The second-order valence-electron chi connectivity index (χ2n) is 8.37. The summed E-state index contributed by atoms with van der Waals surface area (Å²) in [6, 6.07) is 6.54. The zero-order chi connectivity index (χ0) is 18.7. The molecule has 1 atom stereocenters. The fourth-order valence-electron chi connectivity index (χ4n) is 4.48. The summed E-state index contributed by atoms with van der Waals surface area (Å²) in [5.41, 5.74) is 4.02. The molecule has 1 unspecified atom stereocenters. The normalized spacial score (nSPS) is 24.2. The highest BCUT2D eigenvalue weighted by atomic mass is 32.2. The first-order valence-electron chi connectivity index (χ1n) is 10.2. The van der Waals surface area contributed by atoms with Gasteiger partial charge in [-0.3, -0.25) is 4.79 Å². The predicted octanol–water partition coefficient (Wildman–Crippen LogP) is 4.31. The third kappa shape index (κ3) is 4.57. The molecule has 0 aliphatic heterocycles. The Bertz CT molecular complexity index is 743. The smallest absolute Gasteiger partial charge is 0.153 e.